The van der Waals surface area contributed by atoms with E-state index in [9.17, 15) is 10.1 Å². The van der Waals surface area contributed by atoms with E-state index in [1.54, 1.807) is 6.07 Å². The molecule has 0 radical (unpaired) electrons. The van der Waals surface area contributed by atoms with Crippen LogP contribution in [0.1, 0.15) is 19.4 Å². The van der Waals surface area contributed by atoms with Gasteiger partial charge in [0.05, 0.1) is 16.7 Å². The van der Waals surface area contributed by atoms with Gasteiger partial charge in [-0.2, -0.15) is 0 Å². The zero-order valence-electron chi connectivity index (χ0n) is 11.7. The maximum atomic E-state index is 10.8. The molecule has 0 unspecified atom stereocenters. The highest BCUT2D eigenvalue weighted by molar-refractivity contribution is 6.08. The van der Waals surface area contributed by atoms with Crippen LogP contribution in [0, 0.1) is 10.1 Å². The molecule has 2 aromatic carbocycles. The summed E-state index contributed by atoms with van der Waals surface area (Å²) in [5, 5.41) is 10.8. The van der Waals surface area contributed by atoms with Crippen molar-refractivity contribution >= 4 is 17.1 Å². The number of hydrogen-bond donors (Lipinski definition) is 0. The summed E-state index contributed by atoms with van der Waals surface area (Å²) in [6.07, 6.45) is 0. The molecule has 0 fully saturated rings. The van der Waals surface area contributed by atoms with Gasteiger partial charge in [0.1, 0.15) is 11.3 Å². The number of ether oxygens (including phenoxy) is 1. The number of fused-ring (bicyclic) bond motifs is 1. The number of non-ortho nitro benzene ring substituents is 1. The van der Waals surface area contributed by atoms with E-state index in [4.69, 9.17) is 4.74 Å². The summed E-state index contributed by atoms with van der Waals surface area (Å²) in [6.45, 7) is 3.81. The van der Waals surface area contributed by atoms with Crippen molar-refractivity contribution in [3.63, 3.8) is 0 Å². The summed E-state index contributed by atoms with van der Waals surface area (Å²) in [7, 11) is 0. The Morgan fingerprint density at radius 3 is 2.52 bits per heavy atom. The Morgan fingerprint density at radius 2 is 1.86 bits per heavy atom. The van der Waals surface area contributed by atoms with Crippen molar-refractivity contribution in [2.45, 2.75) is 19.4 Å². The predicted octanol–water partition coefficient (Wildman–Crippen LogP) is 3.89. The molecule has 1 aliphatic heterocycles. The zero-order chi connectivity index (χ0) is 15.0. The minimum absolute atomic E-state index is 0.00270. The molecule has 0 aromatic heterocycles. The van der Waals surface area contributed by atoms with Gasteiger partial charge in [-0.25, -0.2) is 4.99 Å². The lowest BCUT2D eigenvalue weighted by Crippen LogP contribution is -2.40. The molecule has 5 nitrogen and oxygen atoms in total. The summed E-state index contributed by atoms with van der Waals surface area (Å²) in [5.41, 5.74) is 1.75. The highest BCUT2D eigenvalue weighted by Crippen LogP contribution is 2.39. The van der Waals surface area contributed by atoms with E-state index in [0.29, 0.717) is 11.4 Å². The van der Waals surface area contributed by atoms with Crippen molar-refractivity contribution in [3.05, 3.63) is 64.2 Å². The third kappa shape index (κ3) is 2.38. The number of nitro groups is 1. The van der Waals surface area contributed by atoms with Gasteiger partial charge in [0.25, 0.3) is 5.69 Å². The van der Waals surface area contributed by atoms with Crippen molar-refractivity contribution in [2.75, 3.05) is 0 Å². The lowest BCUT2D eigenvalue weighted by atomic mass is 9.94. The van der Waals surface area contributed by atoms with Crippen LogP contribution in [-0.2, 0) is 0 Å². The van der Waals surface area contributed by atoms with Crippen LogP contribution in [0.15, 0.2) is 53.5 Å². The molecule has 2 aromatic rings. The van der Waals surface area contributed by atoms with Gasteiger partial charge >= 0.3 is 0 Å². The minimum atomic E-state index is -0.649. The first-order chi connectivity index (χ1) is 9.97. The van der Waals surface area contributed by atoms with Crippen LogP contribution in [0.25, 0.3) is 0 Å². The molecule has 0 amide bonds. The number of hydrogen-bond acceptors (Lipinski definition) is 4. The molecule has 0 bridgehead atoms. The fourth-order valence-electron chi connectivity index (χ4n) is 2.38. The molecule has 21 heavy (non-hydrogen) atoms. The molecule has 3 rings (SSSR count). The van der Waals surface area contributed by atoms with Gasteiger partial charge in [0.2, 0.25) is 0 Å². The Labute approximate surface area is 122 Å². The molecule has 1 heterocycles. The van der Waals surface area contributed by atoms with Crippen LogP contribution in [0.3, 0.4) is 0 Å². The fraction of sp³-hybridized carbons (Fsp3) is 0.188. The van der Waals surface area contributed by atoms with Crippen molar-refractivity contribution < 1.29 is 9.66 Å². The lowest BCUT2D eigenvalue weighted by molar-refractivity contribution is -0.384. The number of nitrogens with zero attached hydrogens (tertiary/aromatic N) is 2. The zero-order valence-corrected chi connectivity index (χ0v) is 11.7. The SMILES string of the molecule is CC1(C)Oc2cc([N+](=O)[O-])ccc2N=C1c1ccccc1. The van der Waals surface area contributed by atoms with E-state index >= 15 is 0 Å². The summed E-state index contributed by atoms with van der Waals surface area (Å²) in [6, 6.07) is 14.2. The molecule has 5 heteroatoms. The van der Waals surface area contributed by atoms with E-state index in [0.717, 1.165) is 11.3 Å². The van der Waals surface area contributed by atoms with Gasteiger partial charge in [-0.3, -0.25) is 10.1 Å². The number of rotatable bonds is 2. The summed E-state index contributed by atoms with van der Waals surface area (Å²) in [5.74, 6) is 0.439. The average molecular weight is 282 g/mol. The van der Waals surface area contributed by atoms with Gasteiger partial charge in [0.15, 0.2) is 5.75 Å². The molecule has 0 aliphatic carbocycles. The summed E-state index contributed by atoms with van der Waals surface area (Å²) in [4.78, 5) is 15.0. The van der Waals surface area contributed by atoms with Gasteiger partial charge in [-0.05, 0) is 19.9 Å². The normalized spacial score (nSPS) is 15.6. The highest BCUT2D eigenvalue weighted by Gasteiger charge is 2.33. The van der Waals surface area contributed by atoms with E-state index < -0.39 is 10.5 Å². The van der Waals surface area contributed by atoms with E-state index in [1.807, 2.05) is 44.2 Å². The molecule has 0 saturated carbocycles. The molecule has 1 aliphatic rings. The maximum Gasteiger partial charge on any atom is 0.273 e. The molecule has 0 atom stereocenters. The first kappa shape index (κ1) is 13.3. The third-order valence-corrected chi connectivity index (χ3v) is 3.37. The second-order valence-corrected chi connectivity index (χ2v) is 5.35. The quantitative estimate of drug-likeness (QED) is 0.620. The smallest absolute Gasteiger partial charge is 0.273 e. The van der Waals surface area contributed by atoms with Crippen molar-refractivity contribution in [3.8, 4) is 5.75 Å². The van der Waals surface area contributed by atoms with Crippen LogP contribution in [0.2, 0.25) is 0 Å². The van der Waals surface area contributed by atoms with Crippen molar-refractivity contribution in [2.24, 2.45) is 4.99 Å². The standard InChI is InChI=1S/C16H14N2O3/c1-16(2)15(11-6-4-3-5-7-11)17-13-9-8-12(18(19)20)10-14(13)21-16/h3-10H,1-2H3. The van der Waals surface area contributed by atoms with Crippen molar-refractivity contribution in [1.29, 1.82) is 0 Å². The fourth-order valence-corrected chi connectivity index (χ4v) is 2.38. The number of nitro benzene ring substituents is 1. The Morgan fingerprint density at radius 1 is 1.14 bits per heavy atom. The topological polar surface area (TPSA) is 64.7 Å². The average Bonchev–Trinajstić information content (AvgIpc) is 2.45. The van der Waals surface area contributed by atoms with Crippen LogP contribution < -0.4 is 4.74 Å². The Hall–Kier alpha value is -2.69. The molecule has 0 saturated heterocycles. The first-order valence-corrected chi connectivity index (χ1v) is 6.59. The molecule has 106 valence electrons. The summed E-state index contributed by atoms with van der Waals surface area (Å²) >= 11 is 0. The number of benzene rings is 2. The largest absolute Gasteiger partial charge is 0.479 e. The van der Waals surface area contributed by atoms with Crippen LogP contribution >= 0.6 is 0 Å². The van der Waals surface area contributed by atoms with Crippen LogP contribution in [0.4, 0.5) is 11.4 Å². The monoisotopic (exact) mass is 282 g/mol. The Bertz CT molecular complexity index is 736. The van der Waals surface area contributed by atoms with Crippen LogP contribution in [-0.4, -0.2) is 16.2 Å². The van der Waals surface area contributed by atoms with E-state index in [1.165, 1.54) is 12.1 Å². The molecule has 0 spiro atoms. The Balaban J connectivity index is 2.12. The highest BCUT2D eigenvalue weighted by atomic mass is 16.6. The maximum absolute atomic E-state index is 10.8. The second-order valence-electron chi connectivity index (χ2n) is 5.35. The third-order valence-electron chi connectivity index (χ3n) is 3.37. The Kier molecular flexibility index (Phi) is 2.97. The second kappa shape index (κ2) is 4.70. The van der Waals surface area contributed by atoms with Gasteiger partial charge in [0, 0.05) is 11.6 Å². The van der Waals surface area contributed by atoms with Gasteiger partial charge in [-0.15, -0.1) is 0 Å². The first-order valence-electron chi connectivity index (χ1n) is 6.59. The van der Waals surface area contributed by atoms with E-state index in [-0.39, 0.29) is 5.69 Å². The van der Waals surface area contributed by atoms with E-state index in [2.05, 4.69) is 4.99 Å². The number of aliphatic imine (C=N–C) groups is 1. The van der Waals surface area contributed by atoms with Crippen LogP contribution in [0.5, 0.6) is 5.75 Å². The lowest BCUT2D eigenvalue weighted by Gasteiger charge is -2.32. The predicted molar refractivity (Wildman–Crippen MR) is 80.4 cm³/mol. The van der Waals surface area contributed by atoms with Gasteiger partial charge in [-0.1, -0.05) is 30.3 Å². The van der Waals surface area contributed by atoms with Crippen molar-refractivity contribution in [1.82, 2.24) is 0 Å². The molecule has 0 N–H and O–H groups in total. The minimum Gasteiger partial charge on any atom is -0.479 e. The van der Waals surface area contributed by atoms with Gasteiger partial charge < -0.3 is 4.74 Å². The summed E-state index contributed by atoms with van der Waals surface area (Å²) < 4.78 is 5.94. The molecular formula is C16H14N2O3. The molecular weight excluding hydrogens is 268 g/mol.